The van der Waals surface area contributed by atoms with Crippen LogP contribution >= 0.6 is 11.8 Å². The second-order valence-corrected chi connectivity index (χ2v) is 6.29. The molecule has 1 aliphatic rings. The first-order valence-electron chi connectivity index (χ1n) is 6.39. The van der Waals surface area contributed by atoms with Crippen molar-refractivity contribution in [2.45, 2.75) is 24.5 Å². The van der Waals surface area contributed by atoms with E-state index in [0.29, 0.717) is 6.54 Å². The number of thioether (sulfide) groups is 1. The lowest BCUT2D eigenvalue weighted by molar-refractivity contribution is -0.118. The third-order valence-electron chi connectivity index (χ3n) is 3.20. The Bertz CT molecular complexity index is 524. The number of rotatable bonds is 2. The van der Waals surface area contributed by atoms with Gasteiger partial charge in [0.1, 0.15) is 0 Å². The Hall–Kier alpha value is -1.44. The molecule has 0 spiro atoms. The number of nitrogens with two attached hydrogens (primary N) is 1. The molecular formula is C15H18N2OS. The summed E-state index contributed by atoms with van der Waals surface area (Å²) in [6.45, 7) is 2.32. The average Bonchev–Trinajstić information content (AvgIpc) is 2.86. The van der Waals surface area contributed by atoms with E-state index in [-0.39, 0.29) is 10.7 Å². The van der Waals surface area contributed by atoms with E-state index < -0.39 is 0 Å². The van der Waals surface area contributed by atoms with Gasteiger partial charge in [0.15, 0.2) is 0 Å². The van der Waals surface area contributed by atoms with Crippen molar-refractivity contribution < 1.29 is 4.79 Å². The molecule has 2 rings (SSSR count). The molecule has 1 aromatic rings. The van der Waals surface area contributed by atoms with E-state index in [9.17, 15) is 4.79 Å². The summed E-state index contributed by atoms with van der Waals surface area (Å²) in [6, 6.07) is 7.57. The molecule has 1 unspecified atom stereocenters. The summed E-state index contributed by atoms with van der Waals surface area (Å²) in [5, 5.41) is 3.00. The fourth-order valence-electron chi connectivity index (χ4n) is 2.06. The first kappa shape index (κ1) is 14.0. The van der Waals surface area contributed by atoms with Crippen LogP contribution in [0.15, 0.2) is 24.3 Å². The van der Waals surface area contributed by atoms with Crippen LogP contribution in [0.25, 0.3) is 0 Å². The minimum absolute atomic E-state index is 0.0667. The van der Waals surface area contributed by atoms with Gasteiger partial charge in [0, 0.05) is 5.56 Å². The molecular weight excluding hydrogens is 256 g/mol. The SMILES string of the molecule is CC1(C(=O)Nc2ccccc2C#CCN)CCCS1. The largest absolute Gasteiger partial charge is 0.324 e. The molecule has 1 aliphatic heterocycles. The van der Waals surface area contributed by atoms with Crippen LogP contribution in [0.5, 0.6) is 0 Å². The first-order chi connectivity index (χ1) is 9.15. The molecule has 100 valence electrons. The van der Waals surface area contributed by atoms with Gasteiger partial charge in [0.2, 0.25) is 5.91 Å². The highest BCUT2D eigenvalue weighted by Gasteiger charge is 2.37. The van der Waals surface area contributed by atoms with Gasteiger partial charge in [0.05, 0.1) is 17.0 Å². The second kappa shape index (κ2) is 6.14. The molecule has 19 heavy (non-hydrogen) atoms. The Labute approximate surface area is 118 Å². The van der Waals surface area contributed by atoms with Crippen LogP contribution in [0.4, 0.5) is 5.69 Å². The number of amides is 1. The van der Waals surface area contributed by atoms with Gasteiger partial charge in [-0.25, -0.2) is 0 Å². The van der Waals surface area contributed by atoms with Crippen molar-refractivity contribution in [3.63, 3.8) is 0 Å². The van der Waals surface area contributed by atoms with Crippen molar-refractivity contribution in [1.29, 1.82) is 0 Å². The molecule has 3 N–H and O–H groups in total. The molecule has 1 aromatic carbocycles. The van der Waals surface area contributed by atoms with E-state index >= 15 is 0 Å². The van der Waals surface area contributed by atoms with Crippen LogP contribution in [0.2, 0.25) is 0 Å². The van der Waals surface area contributed by atoms with E-state index in [1.807, 2.05) is 31.2 Å². The Morgan fingerprint density at radius 3 is 3.00 bits per heavy atom. The monoisotopic (exact) mass is 274 g/mol. The van der Waals surface area contributed by atoms with Gasteiger partial charge in [0.25, 0.3) is 0 Å². The minimum atomic E-state index is -0.311. The van der Waals surface area contributed by atoms with E-state index in [0.717, 1.165) is 29.8 Å². The fourth-order valence-corrected chi connectivity index (χ4v) is 3.27. The Morgan fingerprint density at radius 1 is 1.53 bits per heavy atom. The number of carbonyl (C=O) groups is 1. The second-order valence-electron chi connectivity index (χ2n) is 4.69. The van der Waals surface area contributed by atoms with Crippen LogP contribution in [0, 0.1) is 11.8 Å². The normalized spacial score (nSPS) is 21.6. The molecule has 1 fully saturated rings. The standard InChI is InChI=1S/C15H18N2OS/c1-15(9-5-11-19-15)14(18)17-13-8-3-2-6-12(13)7-4-10-16/h2-3,6,8H,5,9-11,16H2,1H3,(H,17,18). The molecule has 1 amide bonds. The zero-order chi connectivity index (χ0) is 13.7. The molecule has 0 bridgehead atoms. The summed E-state index contributed by atoms with van der Waals surface area (Å²) in [5.41, 5.74) is 6.96. The molecule has 1 saturated heterocycles. The fraction of sp³-hybridized carbons (Fsp3) is 0.400. The predicted molar refractivity (Wildman–Crippen MR) is 81.1 cm³/mol. The minimum Gasteiger partial charge on any atom is -0.324 e. The molecule has 1 heterocycles. The first-order valence-corrected chi connectivity index (χ1v) is 7.38. The van der Waals surface area contributed by atoms with Gasteiger partial charge in [-0.2, -0.15) is 0 Å². The highest BCUT2D eigenvalue weighted by atomic mass is 32.2. The zero-order valence-corrected chi connectivity index (χ0v) is 11.8. The number of carbonyl (C=O) groups excluding carboxylic acids is 1. The van der Waals surface area contributed by atoms with Gasteiger partial charge in [-0.05, 0) is 37.7 Å². The number of hydrogen-bond donors (Lipinski definition) is 2. The highest BCUT2D eigenvalue weighted by Crippen LogP contribution is 2.38. The lowest BCUT2D eigenvalue weighted by atomic mass is 10.0. The molecule has 0 radical (unpaired) electrons. The van der Waals surface area contributed by atoms with Gasteiger partial charge in [-0.1, -0.05) is 24.0 Å². The summed E-state index contributed by atoms with van der Waals surface area (Å²) in [5.74, 6) is 6.92. The van der Waals surface area contributed by atoms with Crippen molar-refractivity contribution in [1.82, 2.24) is 0 Å². The maximum absolute atomic E-state index is 12.4. The number of para-hydroxylation sites is 1. The summed E-state index contributed by atoms with van der Waals surface area (Å²) < 4.78 is -0.311. The number of hydrogen-bond acceptors (Lipinski definition) is 3. The number of nitrogens with one attached hydrogen (secondary N) is 1. The molecule has 0 aliphatic carbocycles. The van der Waals surface area contributed by atoms with Crippen molar-refractivity contribution in [2.75, 3.05) is 17.6 Å². The van der Waals surface area contributed by atoms with Crippen LogP contribution < -0.4 is 11.1 Å². The summed E-state index contributed by atoms with van der Waals surface area (Å²) in [6.07, 6.45) is 2.03. The maximum Gasteiger partial charge on any atom is 0.240 e. The van der Waals surface area contributed by atoms with Gasteiger partial charge in [-0.15, -0.1) is 11.8 Å². The van der Waals surface area contributed by atoms with Gasteiger partial charge in [-0.3, -0.25) is 4.79 Å². The van der Waals surface area contributed by atoms with Gasteiger partial charge >= 0.3 is 0 Å². The quantitative estimate of drug-likeness (QED) is 0.813. The third kappa shape index (κ3) is 3.31. The summed E-state index contributed by atoms with van der Waals surface area (Å²) >= 11 is 1.73. The highest BCUT2D eigenvalue weighted by molar-refractivity contribution is 8.01. The zero-order valence-electron chi connectivity index (χ0n) is 11.0. The Morgan fingerprint density at radius 2 is 2.32 bits per heavy atom. The van der Waals surface area contributed by atoms with Crippen LogP contribution in [-0.4, -0.2) is 23.0 Å². The van der Waals surface area contributed by atoms with Crippen molar-refractivity contribution in [2.24, 2.45) is 5.73 Å². The molecule has 1 atom stereocenters. The topological polar surface area (TPSA) is 55.1 Å². The summed E-state index contributed by atoms with van der Waals surface area (Å²) in [7, 11) is 0. The molecule has 0 saturated carbocycles. The van der Waals surface area contributed by atoms with Crippen molar-refractivity contribution in [3.8, 4) is 11.8 Å². The van der Waals surface area contributed by atoms with E-state index in [1.54, 1.807) is 11.8 Å². The smallest absolute Gasteiger partial charge is 0.240 e. The van der Waals surface area contributed by atoms with Crippen molar-refractivity contribution in [3.05, 3.63) is 29.8 Å². The summed E-state index contributed by atoms with van der Waals surface area (Å²) in [4.78, 5) is 12.4. The molecule has 3 nitrogen and oxygen atoms in total. The number of anilines is 1. The van der Waals surface area contributed by atoms with Crippen LogP contribution in [0.3, 0.4) is 0 Å². The van der Waals surface area contributed by atoms with E-state index in [2.05, 4.69) is 17.2 Å². The predicted octanol–water partition coefficient (Wildman–Crippen LogP) is 2.22. The van der Waals surface area contributed by atoms with E-state index in [1.165, 1.54) is 0 Å². The lowest BCUT2D eigenvalue weighted by Crippen LogP contribution is -2.34. The molecule has 4 heteroatoms. The van der Waals surface area contributed by atoms with E-state index in [4.69, 9.17) is 5.73 Å². The maximum atomic E-state index is 12.4. The third-order valence-corrected chi connectivity index (χ3v) is 4.72. The Kier molecular flexibility index (Phi) is 4.52. The average molecular weight is 274 g/mol. The van der Waals surface area contributed by atoms with Crippen LogP contribution in [-0.2, 0) is 4.79 Å². The molecule has 0 aromatic heterocycles. The number of benzene rings is 1. The van der Waals surface area contributed by atoms with Crippen molar-refractivity contribution >= 4 is 23.4 Å². The van der Waals surface area contributed by atoms with Gasteiger partial charge < -0.3 is 11.1 Å². The Balaban J connectivity index is 2.17. The lowest BCUT2D eigenvalue weighted by Gasteiger charge is -2.21. The van der Waals surface area contributed by atoms with Crippen LogP contribution in [0.1, 0.15) is 25.3 Å².